The maximum atomic E-state index is 12.4. The minimum absolute atomic E-state index is 0.218. The molecule has 0 fully saturated rings. The lowest BCUT2D eigenvalue weighted by molar-refractivity contribution is 0.101. The summed E-state index contributed by atoms with van der Waals surface area (Å²) in [7, 11) is 0. The fourth-order valence-electron chi connectivity index (χ4n) is 2.52. The van der Waals surface area contributed by atoms with Crippen LogP contribution in [0.1, 0.15) is 16.1 Å². The number of halogens is 1. The number of aromatic nitrogens is 1. The van der Waals surface area contributed by atoms with Crippen LogP contribution in [-0.2, 0) is 6.61 Å². The molecule has 2 aromatic carbocycles. The number of ether oxygens (including phenoxy) is 1. The van der Waals surface area contributed by atoms with E-state index in [0.717, 1.165) is 10.4 Å². The van der Waals surface area contributed by atoms with E-state index in [0.29, 0.717) is 28.8 Å². The number of hydrogen-bond donors (Lipinski definition) is 1. The lowest BCUT2D eigenvalue weighted by atomic mass is 10.2. The lowest BCUT2D eigenvalue weighted by Crippen LogP contribution is -2.12. The third-order valence-electron chi connectivity index (χ3n) is 3.92. The maximum Gasteiger partial charge on any atom is 0.277 e. The van der Waals surface area contributed by atoms with Crippen molar-refractivity contribution in [1.29, 1.82) is 0 Å². The Morgan fingerprint density at radius 2 is 1.96 bits per heavy atom. The molecule has 0 saturated carbocycles. The average Bonchev–Trinajstić information content (AvgIpc) is 3.39. The summed E-state index contributed by atoms with van der Waals surface area (Å²) in [6.45, 7) is 0.405. The summed E-state index contributed by atoms with van der Waals surface area (Å²) >= 11 is 7.41. The van der Waals surface area contributed by atoms with Gasteiger partial charge in [0.15, 0.2) is 11.5 Å². The molecular formula is C21H15ClN2O3S. The summed E-state index contributed by atoms with van der Waals surface area (Å²) < 4.78 is 11.0. The molecule has 0 aliphatic heterocycles. The van der Waals surface area contributed by atoms with Gasteiger partial charge in [-0.15, -0.1) is 11.3 Å². The van der Waals surface area contributed by atoms with Gasteiger partial charge in [0.2, 0.25) is 0 Å². The van der Waals surface area contributed by atoms with Crippen molar-refractivity contribution >= 4 is 34.5 Å². The predicted octanol–water partition coefficient (Wildman–Crippen LogP) is 5.89. The molecule has 0 bridgehead atoms. The van der Waals surface area contributed by atoms with Crippen LogP contribution in [0.5, 0.6) is 5.75 Å². The first kappa shape index (κ1) is 18.3. The Morgan fingerprint density at radius 1 is 1.11 bits per heavy atom. The molecule has 0 atom stereocenters. The monoisotopic (exact) mass is 410 g/mol. The van der Waals surface area contributed by atoms with Gasteiger partial charge in [-0.2, -0.15) is 0 Å². The minimum Gasteiger partial charge on any atom is -0.489 e. The molecule has 5 nitrogen and oxygen atoms in total. The van der Waals surface area contributed by atoms with Crippen LogP contribution in [-0.4, -0.2) is 11.1 Å². The van der Waals surface area contributed by atoms with Crippen molar-refractivity contribution in [1.82, 2.24) is 5.16 Å². The van der Waals surface area contributed by atoms with Gasteiger partial charge in [0, 0.05) is 22.8 Å². The Hall–Kier alpha value is -3.09. The first-order chi connectivity index (χ1) is 13.7. The zero-order valence-corrected chi connectivity index (χ0v) is 16.2. The molecule has 0 radical (unpaired) electrons. The number of carbonyl (C=O) groups excluding carboxylic acids is 1. The third-order valence-corrected chi connectivity index (χ3v) is 5.05. The van der Waals surface area contributed by atoms with Gasteiger partial charge < -0.3 is 14.6 Å². The van der Waals surface area contributed by atoms with Crippen molar-refractivity contribution in [2.24, 2.45) is 0 Å². The molecule has 0 spiro atoms. The van der Waals surface area contributed by atoms with E-state index in [1.807, 2.05) is 53.9 Å². The molecule has 2 heterocycles. The number of hydrogen-bond acceptors (Lipinski definition) is 5. The van der Waals surface area contributed by atoms with E-state index in [9.17, 15) is 4.79 Å². The van der Waals surface area contributed by atoms with Crippen molar-refractivity contribution in [3.05, 3.63) is 88.4 Å². The zero-order chi connectivity index (χ0) is 19.3. The Labute approximate surface area is 170 Å². The number of thiophene rings is 1. The van der Waals surface area contributed by atoms with E-state index in [2.05, 4.69) is 10.5 Å². The van der Waals surface area contributed by atoms with Crippen LogP contribution in [0.15, 0.2) is 76.6 Å². The summed E-state index contributed by atoms with van der Waals surface area (Å²) in [4.78, 5) is 13.4. The predicted molar refractivity (Wildman–Crippen MR) is 110 cm³/mol. The highest BCUT2D eigenvalue weighted by Crippen LogP contribution is 2.26. The standard InChI is InChI=1S/C21H15ClN2O3S/c22-15-8-6-14(7-9-15)13-26-17-4-1-3-16(11-17)23-21(25)18-12-19(27-24-18)20-5-2-10-28-20/h1-12H,13H2,(H,23,25). The van der Waals surface area contributed by atoms with Crippen LogP contribution in [0.2, 0.25) is 5.02 Å². The average molecular weight is 411 g/mol. The molecule has 1 N–H and O–H groups in total. The van der Waals surface area contributed by atoms with E-state index in [4.69, 9.17) is 20.9 Å². The van der Waals surface area contributed by atoms with Gasteiger partial charge in [0.25, 0.3) is 5.91 Å². The fourth-order valence-corrected chi connectivity index (χ4v) is 3.32. The van der Waals surface area contributed by atoms with Gasteiger partial charge in [-0.1, -0.05) is 41.0 Å². The molecular weight excluding hydrogens is 396 g/mol. The molecule has 4 rings (SSSR count). The Morgan fingerprint density at radius 3 is 2.75 bits per heavy atom. The highest BCUT2D eigenvalue weighted by molar-refractivity contribution is 7.13. The van der Waals surface area contributed by atoms with E-state index in [-0.39, 0.29) is 11.6 Å². The molecule has 4 aromatic rings. The van der Waals surface area contributed by atoms with Gasteiger partial charge in [-0.25, -0.2) is 0 Å². The van der Waals surface area contributed by atoms with Crippen LogP contribution in [0.25, 0.3) is 10.6 Å². The number of benzene rings is 2. The van der Waals surface area contributed by atoms with E-state index in [1.54, 1.807) is 18.2 Å². The Kier molecular flexibility index (Phi) is 5.41. The number of carbonyl (C=O) groups is 1. The molecule has 0 saturated heterocycles. The number of amides is 1. The van der Waals surface area contributed by atoms with Crippen molar-refractivity contribution in [3.63, 3.8) is 0 Å². The summed E-state index contributed by atoms with van der Waals surface area (Å²) in [6, 6.07) is 20.1. The van der Waals surface area contributed by atoms with E-state index in [1.165, 1.54) is 11.3 Å². The van der Waals surface area contributed by atoms with Crippen LogP contribution in [0.4, 0.5) is 5.69 Å². The number of nitrogens with zero attached hydrogens (tertiary/aromatic N) is 1. The largest absolute Gasteiger partial charge is 0.489 e. The second-order valence-electron chi connectivity index (χ2n) is 5.95. The smallest absolute Gasteiger partial charge is 0.277 e. The van der Waals surface area contributed by atoms with Gasteiger partial charge in [0.05, 0.1) is 4.88 Å². The maximum absolute atomic E-state index is 12.4. The minimum atomic E-state index is -0.346. The second kappa shape index (κ2) is 8.29. The van der Waals surface area contributed by atoms with Crippen molar-refractivity contribution in [2.75, 3.05) is 5.32 Å². The molecule has 7 heteroatoms. The fraction of sp³-hybridized carbons (Fsp3) is 0.0476. The quantitative estimate of drug-likeness (QED) is 0.430. The third kappa shape index (κ3) is 4.42. The molecule has 28 heavy (non-hydrogen) atoms. The van der Waals surface area contributed by atoms with E-state index >= 15 is 0 Å². The highest BCUT2D eigenvalue weighted by atomic mass is 35.5. The number of rotatable bonds is 6. The van der Waals surface area contributed by atoms with Crippen molar-refractivity contribution in [2.45, 2.75) is 6.61 Å². The van der Waals surface area contributed by atoms with Crippen LogP contribution in [0, 0.1) is 0 Å². The van der Waals surface area contributed by atoms with Crippen LogP contribution in [0.3, 0.4) is 0 Å². The van der Waals surface area contributed by atoms with Gasteiger partial charge >= 0.3 is 0 Å². The van der Waals surface area contributed by atoms with E-state index < -0.39 is 0 Å². The first-order valence-electron chi connectivity index (χ1n) is 8.47. The van der Waals surface area contributed by atoms with Crippen molar-refractivity contribution < 1.29 is 14.1 Å². The summed E-state index contributed by atoms with van der Waals surface area (Å²) in [5, 5.41) is 9.28. The molecule has 1 amide bonds. The normalized spacial score (nSPS) is 10.6. The molecule has 0 aliphatic carbocycles. The topological polar surface area (TPSA) is 64.4 Å². The van der Waals surface area contributed by atoms with Gasteiger partial charge in [-0.05, 0) is 41.3 Å². The number of anilines is 1. The first-order valence-corrected chi connectivity index (χ1v) is 9.72. The molecule has 2 aromatic heterocycles. The van der Waals surface area contributed by atoms with Gasteiger partial charge in [0.1, 0.15) is 12.4 Å². The second-order valence-corrected chi connectivity index (χ2v) is 7.33. The highest BCUT2D eigenvalue weighted by Gasteiger charge is 2.14. The number of nitrogens with one attached hydrogen (secondary N) is 1. The van der Waals surface area contributed by atoms with Gasteiger partial charge in [-0.3, -0.25) is 4.79 Å². The van der Waals surface area contributed by atoms with Crippen LogP contribution < -0.4 is 10.1 Å². The summed E-state index contributed by atoms with van der Waals surface area (Å²) in [5.41, 5.74) is 1.83. The van der Waals surface area contributed by atoms with Crippen LogP contribution >= 0.6 is 22.9 Å². The lowest BCUT2D eigenvalue weighted by Gasteiger charge is -2.09. The van der Waals surface area contributed by atoms with Crippen molar-refractivity contribution in [3.8, 4) is 16.4 Å². The zero-order valence-electron chi connectivity index (χ0n) is 14.6. The Balaban J connectivity index is 1.40. The molecule has 140 valence electrons. The Bertz CT molecular complexity index is 1080. The summed E-state index contributed by atoms with van der Waals surface area (Å²) in [5.74, 6) is 0.869. The summed E-state index contributed by atoms with van der Waals surface area (Å²) in [6.07, 6.45) is 0. The SMILES string of the molecule is O=C(Nc1cccc(OCc2ccc(Cl)cc2)c1)c1cc(-c2cccs2)on1. The molecule has 0 unspecified atom stereocenters. The molecule has 0 aliphatic rings.